The maximum atomic E-state index is 13.0. The molecule has 0 saturated carbocycles. The molecule has 0 spiro atoms. The molecule has 1 unspecified atom stereocenters. The Kier molecular flexibility index (Phi) is 4.47. The predicted molar refractivity (Wildman–Crippen MR) is 68.3 cm³/mol. The summed E-state index contributed by atoms with van der Waals surface area (Å²) >= 11 is 5.70. The van der Waals surface area contributed by atoms with Crippen LogP contribution in [0.2, 0.25) is 5.02 Å². The van der Waals surface area contributed by atoms with E-state index in [1.54, 1.807) is 7.11 Å². The van der Waals surface area contributed by atoms with Crippen LogP contribution in [0, 0.1) is 5.82 Å². The second-order valence-corrected chi connectivity index (χ2v) is 4.47. The molecule has 1 aromatic carbocycles. The number of nitrogens with two attached hydrogens (primary N) is 1. The minimum absolute atomic E-state index is 0.0138. The van der Waals surface area contributed by atoms with Gasteiger partial charge in [0.1, 0.15) is 5.82 Å². The predicted octanol–water partition coefficient (Wildman–Crippen LogP) is 2.05. The monoisotopic (exact) mass is 285 g/mol. The lowest BCUT2D eigenvalue weighted by molar-refractivity contribution is 0.176. The summed E-state index contributed by atoms with van der Waals surface area (Å²) < 4.78 is 23.0. The topological polar surface area (TPSA) is 74.2 Å². The third-order valence-corrected chi connectivity index (χ3v) is 2.75. The molecule has 0 amide bonds. The first-order valence-electron chi connectivity index (χ1n) is 5.62. The van der Waals surface area contributed by atoms with E-state index in [0.29, 0.717) is 30.3 Å². The van der Waals surface area contributed by atoms with E-state index in [-0.39, 0.29) is 11.1 Å². The van der Waals surface area contributed by atoms with Crippen molar-refractivity contribution in [3.63, 3.8) is 0 Å². The third-order valence-electron chi connectivity index (χ3n) is 2.46. The summed E-state index contributed by atoms with van der Waals surface area (Å²) in [6.45, 7) is 0.403. The summed E-state index contributed by atoms with van der Waals surface area (Å²) in [4.78, 5) is 4.18. The summed E-state index contributed by atoms with van der Waals surface area (Å²) in [6, 6.07) is 4.02. The molecule has 2 rings (SSSR count). The van der Waals surface area contributed by atoms with Crippen molar-refractivity contribution in [2.75, 3.05) is 13.7 Å². The number of nitrogens with zero attached hydrogens (tertiary/aromatic N) is 2. The SMILES string of the molecule is COCC(N)Cc1nc(-c2ccc(F)c(Cl)c2)no1. The first-order valence-corrected chi connectivity index (χ1v) is 6.00. The number of hydrogen-bond donors (Lipinski definition) is 1. The fourth-order valence-electron chi connectivity index (χ4n) is 1.59. The fraction of sp³-hybridized carbons (Fsp3) is 0.333. The van der Waals surface area contributed by atoms with Gasteiger partial charge in [-0.3, -0.25) is 0 Å². The van der Waals surface area contributed by atoms with Crippen LogP contribution in [0.1, 0.15) is 5.89 Å². The number of methoxy groups -OCH3 is 1. The zero-order valence-electron chi connectivity index (χ0n) is 10.3. The van der Waals surface area contributed by atoms with Gasteiger partial charge in [-0.1, -0.05) is 16.8 Å². The van der Waals surface area contributed by atoms with Crippen LogP contribution in [-0.4, -0.2) is 29.9 Å². The molecule has 19 heavy (non-hydrogen) atoms. The second kappa shape index (κ2) is 6.10. The molecule has 0 bridgehead atoms. The molecule has 0 fully saturated rings. The van der Waals surface area contributed by atoms with Crippen molar-refractivity contribution in [3.05, 3.63) is 34.9 Å². The highest BCUT2D eigenvalue weighted by Crippen LogP contribution is 2.22. The Labute approximate surface area is 114 Å². The Morgan fingerprint density at radius 2 is 2.32 bits per heavy atom. The zero-order valence-corrected chi connectivity index (χ0v) is 11.0. The molecule has 0 radical (unpaired) electrons. The van der Waals surface area contributed by atoms with E-state index in [1.165, 1.54) is 18.2 Å². The van der Waals surface area contributed by atoms with E-state index in [1.807, 2.05) is 0 Å². The van der Waals surface area contributed by atoms with E-state index in [2.05, 4.69) is 10.1 Å². The molecule has 102 valence electrons. The molecular formula is C12H13ClFN3O2. The standard InChI is InChI=1S/C12H13ClFN3O2/c1-18-6-8(15)5-11-16-12(17-19-11)7-2-3-10(14)9(13)4-7/h2-4,8H,5-6,15H2,1H3. The van der Waals surface area contributed by atoms with Crippen molar-refractivity contribution < 1.29 is 13.7 Å². The van der Waals surface area contributed by atoms with Crippen molar-refractivity contribution in [3.8, 4) is 11.4 Å². The van der Waals surface area contributed by atoms with Crippen LogP contribution >= 0.6 is 11.6 Å². The normalized spacial score (nSPS) is 12.6. The number of rotatable bonds is 5. The number of halogens is 2. The highest BCUT2D eigenvalue weighted by atomic mass is 35.5. The molecule has 0 aliphatic rings. The van der Waals surface area contributed by atoms with Crippen molar-refractivity contribution in [2.45, 2.75) is 12.5 Å². The Balaban J connectivity index is 2.14. The van der Waals surface area contributed by atoms with Crippen molar-refractivity contribution in [2.24, 2.45) is 5.73 Å². The van der Waals surface area contributed by atoms with Crippen LogP contribution in [0.3, 0.4) is 0 Å². The van der Waals surface area contributed by atoms with Gasteiger partial charge in [-0.25, -0.2) is 4.39 Å². The van der Waals surface area contributed by atoms with E-state index in [9.17, 15) is 4.39 Å². The minimum atomic E-state index is -0.490. The average Bonchev–Trinajstić information content (AvgIpc) is 2.81. The highest BCUT2D eigenvalue weighted by molar-refractivity contribution is 6.31. The lowest BCUT2D eigenvalue weighted by Gasteiger charge is -2.05. The van der Waals surface area contributed by atoms with Gasteiger partial charge in [-0.2, -0.15) is 4.98 Å². The van der Waals surface area contributed by atoms with Gasteiger partial charge in [-0.15, -0.1) is 0 Å². The average molecular weight is 286 g/mol. The zero-order chi connectivity index (χ0) is 13.8. The molecular weight excluding hydrogens is 273 g/mol. The van der Waals surface area contributed by atoms with Gasteiger partial charge < -0.3 is 15.0 Å². The van der Waals surface area contributed by atoms with Crippen LogP contribution in [0.4, 0.5) is 4.39 Å². The van der Waals surface area contributed by atoms with Crippen molar-refractivity contribution in [1.82, 2.24) is 10.1 Å². The lowest BCUT2D eigenvalue weighted by Crippen LogP contribution is -2.28. The molecule has 7 heteroatoms. The van der Waals surface area contributed by atoms with E-state index in [4.69, 9.17) is 26.6 Å². The van der Waals surface area contributed by atoms with Crippen LogP contribution in [0.15, 0.2) is 22.7 Å². The lowest BCUT2D eigenvalue weighted by atomic mass is 10.2. The summed E-state index contributed by atoms with van der Waals surface area (Å²) in [7, 11) is 1.57. The first-order chi connectivity index (χ1) is 9.10. The van der Waals surface area contributed by atoms with E-state index >= 15 is 0 Å². The van der Waals surface area contributed by atoms with Crippen molar-refractivity contribution in [1.29, 1.82) is 0 Å². The smallest absolute Gasteiger partial charge is 0.228 e. The molecule has 1 aromatic heterocycles. The van der Waals surface area contributed by atoms with Gasteiger partial charge in [0.05, 0.1) is 11.6 Å². The number of ether oxygens (including phenoxy) is 1. The van der Waals surface area contributed by atoms with Crippen LogP contribution in [-0.2, 0) is 11.2 Å². The van der Waals surface area contributed by atoms with E-state index in [0.717, 1.165) is 0 Å². The molecule has 0 aliphatic heterocycles. The maximum Gasteiger partial charge on any atom is 0.228 e. The number of aromatic nitrogens is 2. The maximum absolute atomic E-state index is 13.0. The summed E-state index contributed by atoms with van der Waals surface area (Å²) in [5.74, 6) is 0.262. The first kappa shape index (κ1) is 13.9. The van der Waals surface area contributed by atoms with Gasteiger partial charge in [-0.05, 0) is 18.2 Å². The van der Waals surface area contributed by atoms with Crippen molar-refractivity contribution >= 4 is 11.6 Å². The Morgan fingerprint density at radius 1 is 1.53 bits per heavy atom. The highest BCUT2D eigenvalue weighted by Gasteiger charge is 2.13. The molecule has 0 saturated heterocycles. The fourth-order valence-corrected chi connectivity index (χ4v) is 1.77. The Morgan fingerprint density at radius 3 is 3.00 bits per heavy atom. The van der Waals surface area contributed by atoms with Gasteiger partial charge >= 0.3 is 0 Å². The van der Waals surface area contributed by atoms with E-state index < -0.39 is 5.82 Å². The minimum Gasteiger partial charge on any atom is -0.383 e. The third kappa shape index (κ3) is 3.50. The van der Waals surface area contributed by atoms with Crippen LogP contribution < -0.4 is 5.73 Å². The number of hydrogen-bond acceptors (Lipinski definition) is 5. The van der Waals surface area contributed by atoms with Gasteiger partial charge in [0, 0.05) is 25.1 Å². The summed E-state index contributed by atoms with van der Waals surface area (Å²) in [5.41, 5.74) is 6.37. The van der Waals surface area contributed by atoms with Gasteiger partial charge in [0.15, 0.2) is 0 Å². The molecule has 2 N–H and O–H groups in total. The van der Waals surface area contributed by atoms with Crippen LogP contribution in [0.25, 0.3) is 11.4 Å². The molecule has 1 atom stereocenters. The molecule has 5 nitrogen and oxygen atoms in total. The Hall–Kier alpha value is -1.50. The second-order valence-electron chi connectivity index (χ2n) is 4.06. The van der Waals surface area contributed by atoms with Gasteiger partial charge in [0.25, 0.3) is 0 Å². The summed E-state index contributed by atoms with van der Waals surface area (Å²) in [5, 5.41) is 3.82. The molecule has 1 heterocycles. The molecule has 2 aromatic rings. The van der Waals surface area contributed by atoms with Gasteiger partial charge in [0.2, 0.25) is 11.7 Å². The largest absolute Gasteiger partial charge is 0.383 e. The summed E-state index contributed by atoms with van der Waals surface area (Å²) in [6.07, 6.45) is 0.412. The quantitative estimate of drug-likeness (QED) is 0.910. The van der Waals surface area contributed by atoms with Crippen LogP contribution in [0.5, 0.6) is 0 Å². The Bertz CT molecular complexity index is 562. The molecule has 0 aliphatic carbocycles. The number of benzene rings is 1.